The topological polar surface area (TPSA) is 92.3 Å². The lowest BCUT2D eigenvalue weighted by molar-refractivity contribution is 0.102. The first-order valence-electron chi connectivity index (χ1n) is 7.79. The quantitative estimate of drug-likeness (QED) is 0.410. The Labute approximate surface area is 179 Å². The van der Waals surface area contributed by atoms with Crippen LogP contribution in [0.4, 0.5) is 5.13 Å². The summed E-state index contributed by atoms with van der Waals surface area (Å²) in [6, 6.07) is 8.02. The van der Waals surface area contributed by atoms with Crippen LogP contribution in [-0.2, 0) is 15.8 Å². The number of rotatable bonds is 7. The van der Waals surface area contributed by atoms with Gasteiger partial charge in [0.05, 0.1) is 15.5 Å². The SMILES string of the molecule is CN(C)S(=O)(=O)c1ccc(Cl)c(C(=O)Nc2nnc(SCc3cccs3)s2)c1. The zero-order chi connectivity index (χ0) is 20.3. The molecule has 2 heterocycles. The van der Waals surface area contributed by atoms with Gasteiger partial charge in [-0.1, -0.05) is 40.8 Å². The molecule has 0 aliphatic carbocycles. The average Bonchev–Trinajstić information content (AvgIpc) is 3.31. The van der Waals surface area contributed by atoms with E-state index in [1.165, 1.54) is 60.3 Å². The van der Waals surface area contributed by atoms with Gasteiger partial charge in [-0.3, -0.25) is 10.1 Å². The third-order valence-corrected chi connectivity index (χ3v) is 8.73. The van der Waals surface area contributed by atoms with Gasteiger partial charge in [-0.25, -0.2) is 12.7 Å². The second-order valence-electron chi connectivity index (χ2n) is 5.62. The Morgan fingerprint density at radius 1 is 1.29 bits per heavy atom. The molecule has 7 nitrogen and oxygen atoms in total. The van der Waals surface area contributed by atoms with E-state index in [-0.39, 0.29) is 15.5 Å². The molecular formula is C16H15ClN4O3S4. The number of benzene rings is 1. The summed E-state index contributed by atoms with van der Waals surface area (Å²) in [6.45, 7) is 0. The number of nitrogens with one attached hydrogen (secondary N) is 1. The number of halogens is 1. The molecule has 0 aliphatic rings. The van der Waals surface area contributed by atoms with Gasteiger partial charge in [0.2, 0.25) is 15.2 Å². The minimum atomic E-state index is -3.68. The van der Waals surface area contributed by atoms with Crippen molar-refractivity contribution >= 4 is 67.1 Å². The van der Waals surface area contributed by atoms with Crippen molar-refractivity contribution in [1.82, 2.24) is 14.5 Å². The first kappa shape index (κ1) is 21.2. The van der Waals surface area contributed by atoms with Gasteiger partial charge in [0.15, 0.2) is 4.34 Å². The van der Waals surface area contributed by atoms with Gasteiger partial charge in [-0.05, 0) is 29.6 Å². The van der Waals surface area contributed by atoms with E-state index >= 15 is 0 Å². The second kappa shape index (κ2) is 8.89. The number of thiophene rings is 1. The molecule has 0 unspecified atom stereocenters. The highest BCUT2D eigenvalue weighted by atomic mass is 35.5. The summed E-state index contributed by atoms with van der Waals surface area (Å²) in [6.07, 6.45) is 0. The van der Waals surface area contributed by atoms with E-state index in [2.05, 4.69) is 15.5 Å². The fourth-order valence-electron chi connectivity index (χ4n) is 2.06. The lowest BCUT2D eigenvalue weighted by atomic mass is 10.2. The molecule has 28 heavy (non-hydrogen) atoms. The van der Waals surface area contributed by atoms with Gasteiger partial charge < -0.3 is 0 Å². The first-order chi connectivity index (χ1) is 13.3. The number of sulfonamides is 1. The van der Waals surface area contributed by atoms with Crippen LogP contribution in [0.1, 0.15) is 15.2 Å². The number of carbonyl (C=O) groups excluding carboxylic acids is 1. The van der Waals surface area contributed by atoms with Crippen molar-refractivity contribution in [2.75, 3.05) is 19.4 Å². The highest BCUT2D eigenvalue weighted by Crippen LogP contribution is 2.30. The third kappa shape index (κ3) is 4.91. The Bertz CT molecular complexity index is 1080. The summed E-state index contributed by atoms with van der Waals surface area (Å²) in [7, 11) is -0.846. The highest BCUT2D eigenvalue weighted by Gasteiger charge is 2.21. The third-order valence-electron chi connectivity index (χ3n) is 3.51. The minimum absolute atomic E-state index is 0.0171. The molecule has 0 aliphatic heterocycles. The first-order valence-corrected chi connectivity index (χ1v) is 12.3. The Balaban J connectivity index is 1.73. The number of nitrogens with zero attached hydrogens (tertiary/aromatic N) is 3. The molecule has 0 spiro atoms. The number of thioether (sulfide) groups is 1. The van der Waals surface area contributed by atoms with Gasteiger partial charge in [0.1, 0.15) is 0 Å². The molecule has 12 heteroatoms. The van der Waals surface area contributed by atoms with E-state index < -0.39 is 15.9 Å². The van der Waals surface area contributed by atoms with E-state index in [0.29, 0.717) is 5.13 Å². The second-order valence-corrected chi connectivity index (χ2v) is 11.4. The van der Waals surface area contributed by atoms with Crippen LogP contribution in [0.25, 0.3) is 0 Å². The van der Waals surface area contributed by atoms with Crippen molar-refractivity contribution in [3.8, 4) is 0 Å². The van der Waals surface area contributed by atoms with Gasteiger partial charge >= 0.3 is 0 Å². The molecule has 0 atom stereocenters. The summed E-state index contributed by atoms with van der Waals surface area (Å²) < 4.78 is 26.3. The largest absolute Gasteiger partial charge is 0.296 e. The minimum Gasteiger partial charge on any atom is -0.296 e. The summed E-state index contributed by atoms with van der Waals surface area (Å²) >= 11 is 10.5. The monoisotopic (exact) mass is 474 g/mol. The number of carbonyl (C=O) groups is 1. The van der Waals surface area contributed by atoms with E-state index in [4.69, 9.17) is 11.6 Å². The normalized spacial score (nSPS) is 11.7. The number of aromatic nitrogens is 2. The van der Waals surface area contributed by atoms with Crippen molar-refractivity contribution in [2.24, 2.45) is 0 Å². The molecule has 0 saturated carbocycles. The molecule has 3 aromatic rings. The van der Waals surface area contributed by atoms with Crippen LogP contribution in [0.15, 0.2) is 44.9 Å². The summed E-state index contributed by atoms with van der Waals surface area (Å²) in [4.78, 5) is 13.8. The molecule has 0 saturated heterocycles. The zero-order valence-electron chi connectivity index (χ0n) is 14.7. The molecule has 0 bridgehead atoms. The Morgan fingerprint density at radius 3 is 2.75 bits per heavy atom. The van der Waals surface area contributed by atoms with Crippen LogP contribution < -0.4 is 5.32 Å². The Morgan fingerprint density at radius 2 is 2.07 bits per heavy atom. The lowest BCUT2D eigenvalue weighted by Crippen LogP contribution is -2.23. The summed E-state index contributed by atoms with van der Waals surface area (Å²) in [5.74, 6) is 0.225. The van der Waals surface area contributed by atoms with Crippen LogP contribution in [0, 0.1) is 0 Å². The number of hydrogen-bond acceptors (Lipinski definition) is 8. The Kier molecular flexibility index (Phi) is 6.73. The van der Waals surface area contributed by atoms with E-state index in [1.807, 2.05) is 17.5 Å². The van der Waals surface area contributed by atoms with E-state index in [9.17, 15) is 13.2 Å². The molecule has 2 aromatic heterocycles. The maximum atomic E-state index is 12.6. The molecule has 1 amide bonds. The van der Waals surface area contributed by atoms with Crippen LogP contribution in [0.2, 0.25) is 5.02 Å². The van der Waals surface area contributed by atoms with Crippen molar-refractivity contribution in [3.05, 3.63) is 51.2 Å². The van der Waals surface area contributed by atoms with Gasteiger partial charge in [0.25, 0.3) is 5.91 Å². The van der Waals surface area contributed by atoms with E-state index in [0.717, 1.165) is 14.4 Å². The van der Waals surface area contributed by atoms with Crippen molar-refractivity contribution in [2.45, 2.75) is 15.0 Å². The standard InChI is InChI=1S/C16H15ClN4O3S4/c1-21(2)28(23,24)11-5-6-13(17)12(8-11)14(22)18-15-19-20-16(27-15)26-9-10-4-3-7-25-10/h3-8H,9H2,1-2H3,(H,18,19,22). The lowest BCUT2D eigenvalue weighted by Gasteiger charge is -2.12. The van der Waals surface area contributed by atoms with E-state index in [1.54, 1.807) is 11.3 Å². The zero-order valence-corrected chi connectivity index (χ0v) is 18.8. The van der Waals surface area contributed by atoms with Crippen molar-refractivity contribution < 1.29 is 13.2 Å². The van der Waals surface area contributed by atoms with Crippen LogP contribution in [0.5, 0.6) is 0 Å². The summed E-state index contributed by atoms with van der Waals surface area (Å²) in [5.41, 5.74) is 0.0487. The van der Waals surface area contributed by atoms with Crippen LogP contribution in [0.3, 0.4) is 0 Å². The maximum absolute atomic E-state index is 12.6. The number of amides is 1. The molecule has 3 rings (SSSR count). The number of anilines is 1. The molecule has 0 radical (unpaired) electrons. The number of hydrogen-bond donors (Lipinski definition) is 1. The summed E-state index contributed by atoms with van der Waals surface area (Å²) in [5, 5.41) is 13.1. The van der Waals surface area contributed by atoms with Gasteiger partial charge in [0, 0.05) is 24.7 Å². The predicted octanol–water partition coefficient (Wildman–Crippen LogP) is 4.05. The maximum Gasteiger partial charge on any atom is 0.259 e. The van der Waals surface area contributed by atoms with Crippen molar-refractivity contribution in [1.29, 1.82) is 0 Å². The van der Waals surface area contributed by atoms with Crippen LogP contribution in [-0.4, -0.2) is 42.9 Å². The fraction of sp³-hybridized carbons (Fsp3) is 0.188. The average molecular weight is 475 g/mol. The molecule has 0 fully saturated rings. The molecular weight excluding hydrogens is 460 g/mol. The Hall–Kier alpha value is -1.50. The highest BCUT2D eigenvalue weighted by molar-refractivity contribution is 8.00. The smallest absolute Gasteiger partial charge is 0.259 e. The molecule has 148 valence electrons. The molecule has 1 N–H and O–H groups in total. The predicted molar refractivity (Wildman–Crippen MR) is 114 cm³/mol. The van der Waals surface area contributed by atoms with Gasteiger partial charge in [-0.15, -0.1) is 21.5 Å². The van der Waals surface area contributed by atoms with Crippen LogP contribution >= 0.6 is 46.0 Å². The van der Waals surface area contributed by atoms with Gasteiger partial charge in [-0.2, -0.15) is 0 Å². The fourth-order valence-corrected chi connectivity index (χ4v) is 5.71. The molecule has 1 aromatic carbocycles. The van der Waals surface area contributed by atoms with Crippen molar-refractivity contribution in [3.63, 3.8) is 0 Å².